The zero-order valence-electron chi connectivity index (χ0n) is 21.2. The zero-order valence-corrected chi connectivity index (χ0v) is 21.2. The number of aromatic nitrogens is 2. The Morgan fingerprint density at radius 3 is 2.44 bits per heavy atom. The topological polar surface area (TPSA) is 101 Å². The molecule has 0 spiro atoms. The van der Waals surface area contributed by atoms with Crippen LogP contribution in [-0.2, 0) is 22.3 Å². The van der Waals surface area contributed by atoms with Crippen LogP contribution in [0.3, 0.4) is 0 Å². The minimum absolute atomic E-state index is 0.0362. The molecular formula is C24H33F3N4O5. The Morgan fingerprint density at radius 1 is 1.22 bits per heavy atom. The van der Waals surface area contributed by atoms with Crippen LogP contribution in [0.15, 0.2) is 16.5 Å². The number of anilines is 2. The number of carbonyl (C=O) groups excluding carboxylic acids is 1. The molecule has 1 N–H and O–H groups in total. The van der Waals surface area contributed by atoms with E-state index in [9.17, 15) is 23.1 Å². The molecule has 0 bridgehead atoms. The average Bonchev–Trinajstić information content (AvgIpc) is 3.14. The van der Waals surface area contributed by atoms with Crippen LogP contribution in [0.1, 0.15) is 56.8 Å². The van der Waals surface area contributed by atoms with E-state index in [1.54, 1.807) is 33.8 Å². The molecule has 1 aliphatic rings. The molecule has 36 heavy (non-hydrogen) atoms. The molecule has 2 aromatic heterocycles. The Kier molecular flexibility index (Phi) is 8.50. The number of nitrogens with zero attached hydrogens (tertiary/aromatic N) is 4. The number of alkyl halides is 3. The first-order valence-electron chi connectivity index (χ1n) is 11.8. The zero-order chi connectivity index (χ0) is 26.7. The van der Waals surface area contributed by atoms with Crippen LogP contribution in [-0.4, -0.2) is 65.8 Å². The largest absolute Gasteiger partial charge is 0.445 e. The van der Waals surface area contributed by atoms with Gasteiger partial charge in [-0.2, -0.15) is 13.2 Å². The van der Waals surface area contributed by atoms with Crippen molar-refractivity contribution in [2.45, 2.75) is 65.3 Å². The summed E-state index contributed by atoms with van der Waals surface area (Å²) in [4.78, 5) is 23.7. The molecule has 1 aliphatic heterocycles. The molecule has 0 aliphatic carbocycles. The van der Waals surface area contributed by atoms with Gasteiger partial charge in [0.2, 0.25) is 0 Å². The van der Waals surface area contributed by atoms with Gasteiger partial charge in [0.1, 0.15) is 29.8 Å². The molecule has 12 heteroatoms. The molecule has 1 amide bonds. The molecule has 3 heterocycles. The Labute approximate surface area is 208 Å². The van der Waals surface area contributed by atoms with Gasteiger partial charge in [-0.15, -0.1) is 0 Å². The first-order chi connectivity index (χ1) is 16.8. The maximum atomic E-state index is 13.5. The molecule has 3 rings (SSSR count). The highest BCUT2D eigenvalue weighted by Crippen LogP contribution is 2.30. The number of oxazole rings is 1. The van der Waals surface area contributed by atoms with E-state index in [0.717, 1.165) is 0 Å². The van der Waals surface area contributed by atoms with Gasteiger partial charge in [-0.1, -0.05) is 6.92 Å². The van der Waals surface area contributed by atoms with Gasteiger partial charge in [-0.05, 0) is 33.8 Å². The normalized spacial score (nSPS) is 15.6. The van der Waals surface area contributed by atoms with Crippen LogP contribution < -0.4 is 9.80 Å². The lowest BCUT2D eigenvalue weighted by molar-refractivity contribution is -0.119. The Hall–Kier alpha value is -2.86. The van der Waals surface area contributed by atoms with Crippen molar-refractivity contribution < 1.29 is 37.0 Å². The minimum Gasteiger partial charge on any atom is -0.445 e. The van der Waals surface area contributed by atoms with Crippen molar-refractivity contribution >= 4 is 17.6 Å². The van der Waals surface area contributed by atoms with Crippen LogP contribution in [0.5, 0.6) is 0 Å². The highest BCUT2D eigenvalue weighted by Gasteiger charge is 2.37. The summed E-state index contributed by atoms with van der Waals surface area (Å²) in [5.74, 6) is 0.697. The van der Waals surface area contributed by atoms with E-state index >= 15 is 0 Å². The molecule has 1 saturated heterocycles. The number of aliphatic hydroxyl groups excluding tert-OH is 1. The van der Waals surface area contributed by atoms with Crippen LogP contribution in [0.4, 0.5) is 29.5 Å². The number of hydrogen-bond acceptors (Lipinski definition) is 8. The fraction of sp³-hybridized carbons (Fsp3) is 0.625. The van der Waals surface area contributed by atoms with Gasteiger partial charge in [0.05, 0.1) is 31.0 Å². The van der Waals surface area contributed by atoms with Gasteiger partial charge in [0.15, 0.2) is 5.89 Å². The predicted molar refractivity (Wildman–Crippen MR) is 126 cm³/mol. The lowest BCUT2D eigenvalue weighted by Crippen LogP contribution is -2.43. The molecule has 0 aromatic carbocycles. The Balaban J connectivity index is 2.02. The van der Waals surface area contributed by atoms with E-state index in [1.165, 1.54) is 6.07 Å². The maximum absolute atomic E-state index is 13.5. The summed E-state index contributed by atoms with van der Waals surface area (Å²) in [7, 11) is 0. The third kappa shape index (κ3) is 7.57. The van der Waals surface area contributed by atoms with Gasteiger partial charge in [0, 0.05) is 31.3 Å². The maximum Gasteiger partial charge on any atom is 0.416 e. The molecule has 9 nitrogen and oxygen atoms in total. The van der Waals surface area contributed by atoms with E-state index in [4.69, 9.17) is 13.9 Å². The number of amides is 1. The number of carbonyl (C=O) groups is 1. The molecule has 0 saturated carbocycles. The molecule has 2 aromatic rings. The summed E-state index contributed by atoms with van der Waals surface area (Å²) in [6, 6.07) is 2.98. The number of ether oxygens (including phenoxy) is 2. The van der Waals surface area contributed by atoms with E-state index in [-0.39, 0.29) is 23.8 Å². The third-order valence-corrected chi connectivity index (χ3v) is 5.39. The molecule has 0 radical (unpaired) electrons. The van der Waals surface area contributed by atoms with Gasteiger partial charge >= 0.3 is 12.3 Å². The van der Waals surface area contributed by atoms with Crippen molar-refractivity contribution in [3.05, 3.63) is 35.2 Å². The van der Waals surface area contributed by atoms with Crippen molar-refractivity contribution in [2.75, 3.05) is 42.6 Å². The lowest BCUT2D eigenvalue weighted by Gasteiger charge is -2.31. The minimum atomic E-state index is -4.71. The first kappa shape index (κ1) is 27.7. The monoisotopic (exact) mass is 514 g/mol. The number of morpholine rings is 1. The van der Waals surface area contributed by atoms with Crippen LogP contribution in [0, 0.1) is 6.92 Å². The number of aryl methyl sites for hydroxylation is 2. The van der Waals surface area contributed by atoms with Crippen molar-refractivity contribution in [2.24, 2.45) is 0 Å². The molecule has 1 fully saturated rings. The van der Waals surface area contributed by atoms with E-state index in [0.29, 0.717) is 54.8 Å². The van der Waals surface area contributed by atoms with Gasteiger partial charge in [-0.25, -0.2) is 14.8 Å². The number of rotatable bonds is 7. The van der Waals surface area contributed by atoms with Gasteiger partial charge in [-0.3, -0.25) is 4.90 Å². The van der Waals surface area contributed by atoms with Crippen molar-refractivity contribution in [1.29, 1.82) is 0 Å². The smallest absolute Gasteiger partial charge is 0.416 e. The second kappa shape index (κ2) is 11.0. The summed E-state index contributed by atoms with van der Waals surface area (Å²) in [5.41, 5.74) is 0.270. The summed E-state index contributed by atoms with van der Waals surface area (Å²) in [5, 5.41) is 11.0. The lowest BCUT2D eigenvalue weighted by atomic mass is 10.1. The van der Waals surface area contributed by atoms with E-state index in [1.807, 2.05) is 11.8 Å². The SMILES string of the molecule is CCc1oc(CC(O)c2cc(N3CCOCC3)cc(N(CC(F)(F)F)C(=O)OC(C)(C)C)n2)nc1C. The van der Waals surface area contributed by atoms with Crippen LogP contribution in [0.2, 0.25) is 0 Å². The third-order valence-electron chi connectivity index (χ3n) is 5.39. The summed E-state index contributed by atoms with van der Waals surface area (Å²) in [6.07, 6.45) is -6.54. The Bertz CT molecular complexity index is 1050. The standard InChI is InChI=1S/C24H33F3N4O5/c1-6-19-15(2)28-21(35-19)13-18(32)17-11-16(30-7-9-34-10-8-30)12-20(29-17)31(14-24(25,26)27)22(33)36-23(3,4)5/h11-12,18,32H,6-10,13-14H2,1-5H3. The number of aliphatic hydroxyl groups is 1. The summed E-state index contributed by atoms with van der Waals surface area (Å²) >= 11 is 0. The summed E-state index contributed by atoms with van der Waals surface area (Å²) in [6.45, 7) is 8.64. The van der Waals surface area contributed by atoms with Crippen molar-refractivity contribution in [1.82, 2.24) is 9.97 Å². The predicted octanol–water partition coefficient (Wildman–Crippen LogP) is 4.36. The number of hydrogen-bond donors (Lipinski definition) is 1. The van der Waals surface area contributed by atoms with Crippen LogP contribution >= 0.6 is 0 Å². The van der Waals surface area contributed by atoms with Gasteiger partial charge in [0.25, 0.3) is 0 Å². The number of pyridine rings is 1. The molecular weight excluding hydrogens is 481 g/mol. The van der Waals surface area contributed by atoms with Gasteiger partial charge < -0.3 is 23.9 Å². The molecule has 1 unspecified atom stereocenters. The second-order valence-electron chi connectivity index (χ2n) is 9.58. The Morgan fingerprint density at radius 2 is 1.89 bits per heavy atom. The molecule has 1 atom stereocenters. The summed E-state index contributed by atoms with van der Waals surface area (Å²) < 4.78 is 56.8. The highest BCUT2D eigenvalue weighted by atomic mass is 19.4. The fourth-order valence-electron chi connectivity index (χ4n) is 3.74. The fourth-order valence-corrected chi connectivity index (χ4v) is 3.74. The first-order valence-corrected chi connectivity index (χ1v) is 11.8. The van der Waals surface area contributed by atoms with Crippen molar-refractivity contribution in [3.63, 3.8) is 0 Å². The second-order valence-corrected chi connectivity index (χ2v) is 9.58. The number of halogens is 3. The van der Waals surface area contributed by atoms with E-state index in [2.05, 4.69) is 9.97 Å². The van der Waals surface area contributed by atoms with E-state index < -0.39 is 30.5 Å². The highest BCUT2D eigenvalue weighted by molar-refractivity contribution is 5.87. The van der Waals surface area contributed by atoms with Crippen LogP contribution in [0.25, 0.3) is 0 Å². The van der Waals surface area contributed by atoms with Crippen molar-refractivity contribution in [3.8, 4) is 0 Å². The quantitative estimate of drug-likeness (QED) is 0.582. The average molecular weight is 515 g/mol. The molecule has 200 valence electrons.